The molecule has 1 N–H and O–H groups in total. The van der Waals surface area contributed by atoms with Crippen LogP contribution in [-0.2, 0) is 19.4 Å². The zero-order valence-electron chi connectivity index (χ0n) is 9.93. The third-order valence-electron chi connectivity index (χ3n) is 3.81. The summed E-state index contributed by atoms with van der Waals surface area (Å²) < 4.78 is 0. The fourth-order valence-electron chi connectivity index (χ4n) is 2.60. The average molecular weight is 235 g/mol. The van der Waals surface area contributed by atoms with E-state index in [1.54, 1.807) is 16.0 Å². The Morgan fingerprint density at radius 3 is 2.75 bits per heavy atom. The fraction of sp³-hybridized carbons (Fsp3) is 0.714. The minimum Gasteiger partial charge on any atom is -0.310 e. The van der Waals surface area contributed by atoms with Crippen LogP contribution in [0.5, 0.6) is 0 Å². The number of nitrogens with one attached hydrogen (secondary N) is 1. The highest BCUT2D eigenvalue weighted by Gasteiger charge is 2.21. The van der Waals surface area contributed by atoms with E-state index in [4.69, 9.17) is 0 Å². The second kappa shape index (κ2) is 4.89. The Bertz CT molecular complexity index is 352. The van der Waals surface area contributed by atoms with Gasteiger partial charge in [0.15, 0.2) is 0 Å². The van der Waals surface area contributed by atoms with Crippen molar-refractivity contribution in [3.05, 3.63) is 21.4 Å². The first-order chi connectivity index (χ1) is 7.93. The molecule has 1 aromatic rings. The summed E-state index contributed by atoms with van der Waals surface area (Å²) in [5, 5.41) is 6.06. The number of fused-ring (bicyclic) bond motifs is 1. The van der Waals surface area contributed by atoms with Gasteiger partial charge in [0.25, 0.3) is 0 Å². The van der Waals surface area contributed by atoms with E-state index in [-0.39, 0.29) is 0 Å². The van der Waals surface area contributed by atoms with Gasteiger partial charge < -0.3 is 5.32 Å². The summed E-state index contributed by atoms with van der Waals surface area (Å²) >= 11 is 2.01. The maximum absolute atomic E-state index is 3.65. The van der Waals surface area contributed by atoms with Crippen LogP contribution < -0.4 is 5.32 Å². The zero-order chi connectivity index (χ0) is 10.8. The van der Waals surface area contributed by atoms with Crippen molar-refractivity contribution in [1.82, 2.24) is 5.32 Å². The lowest BCUT2D eigenvalue weighted by Crippen LogP contribution is -2.16. The van der Waals surface area contributed by atoms with Gasteiger partial charge in [-0.15, -0.1) is 11.3 Å². The van der Waals surface area contributed by atoms with Crippen LogP contribution in [0.4, 0.5) is 0 Å². The van der Waals surface area contributed by atoms with Gasteiger partial charge in [-0.1, -0.05) is 12.8 Å². The van der Waals surface area contributed by atoms with Crippen molar-refractivity contribution in [3.8, 4) is 0 Å². The smallest absolute Gasteiger partial charge is 0.0219 e. The molecular weight excluding hydrogens is 214 g/mol. The van der Waals surface area contributed by atoms with Gasteiger partial charge >= 0.3 is 0 Å². The molecule has 1 nitrogen and oxygen atoms in total. The van der Waals surface area contributed by atoms with E-state index in [0.717, 1.165) is 12.6 Å². The van der Waals surface area contributed by atoms with Gasteiger partial charge in [-0.2, -0.15) is 0 Å². The molecule has 2 heteroatoms. The predicted octanol–water partition coefficient (Wildman–Crippen LogP) is 3.66. The van der Waals surface area contributed by atoms with Gasteiger partial charge in [0.1, 0.15) is 0 Å². The Balaban J connectivity index is 1.71. The SMILES string of the molecule is c1sc2c(c1CNC1CC1)CCCCCC2. The Kier molecular flexibility index (Phi) is 3.30. The van der Waals surface area contributed by atoms with Crippen molar-refractivity contribution < 1.29 is 0 Å². The minimum atomic E-state index is 0.837. The molecule has 88 valence electrons. The van der Waals surface area contributed by atoms with Crippen LogP contribution in [0, 0.1) is 0 Å². The number of hydrogen-bond acceptors (Lipinski definition) is 2. The molecule has 0 bridgehead atoms. The molecule has 3 rings (SSSR count). The summed E-state index contributed by atoms with van der Waals surface area (Å²) in [7, 11) is 0. The number of thiophene rings is 1. The highest BCUT2D eigenvalue weighted by Crippen LogP contribution is 2.29. The van der Waals surface area contributed by atoms with Gasteiger partial charge in [0.05, 0.1) is 0 Å². The molecule has 0 amide bonds. The molecule has 0 aromatic carbocycles. The van der Waals surface area contributed by atoms with E-state index >= 15 is 0 Å². The summed E-state index contributed by atoms with van der Waals surface area (Å²) in [6, 6.07) is 0.837. The average Bonchev–Trinajstić information content (AvgIpc) is 3.00. The normalized spacial score (nSPS) is 21.2. The third-order valence-corrected chi connectivity index (χ3v) is 4.94. The minimum absolute atomic E-state index is 0.837. The lowest BCUT2D eigenvalue weighted by molar-refractivity contribution is 0.614. The predicted molar refractivity (Wildman–Crippen MR) is 70.1 cm³/mol. The first kappa shape index (κ1) is 10.8. The molecule has 1 aromatic heterocycles. The quantitative estimate of drug-likeness (QED) is 0.843. The first-order valence-electron chi connectivity index (χ1n) is 6.75. The monoisotopic (exact) mass is 235 g/mol. The van der Waals surface area contributed by atoms with Crippen molar-refractivity contribution >= 4 is 11.3 Å². The fourth-order valence-corrected chi connectivity index (χ4v) is 3.75. The molecule has 0 spiro atoms. The summed E-state index contributed by atoms with van der Waals surface area (Å²) in [6.45, 7) is 1.12. The zero-order valence-corrected chi connectivity index (χ0v) is 10.7. The molecule has 0 unspecified atom stereocenters. The summed E-state index contributed by atoms with van der Waals surface area (Å²) in [4.78, 5) is 1.69. The number of hydrogen-bond donors (Lipinski definition) is 1. The highest BCUT2D eigenvalue weighted by atomic mass is 32.1. The van der Waals surface area contributed by atoms with E-state index in [1.807, 2.05) is 11.3 Å². The second-order valence-electron chi connectivity index (χ2n) is 5.23. The molecule has 1 fully saturated rings. The van der Waals surface area contributed by atoms with Crippen LogP contribution in [0.1, 0.15) is 54.5 Å². The molecule has 2 aliphatic carbocycles. The molecule has 0 radical (unpaired) electrons. The highest BCUT2D eigenvalue weighted by molar-refractivity contribution is 7.10. The van der Waals surface area contributed by atoms with Crippen LogP contribution in [-0.4, -0.2) is 6.04 Å². The second-order valence-corrected chi connectivity index (χ2v) is 6.20. The summed E-state index contributed by atoms with van der Waals surface area (Å²) in [6.07, 6.45) is 11.1. The molecule has 2 aliphatic rings. The van der Waals surface area contributed by atoms with E-state index < -0.39 is 0 Å². The van der Waals surface area contributed by atoms with E-state index in [1.165, 1.54) is 51.4 Å². The van der Waals surface area contributed by atoms with Crippen LogP contribution in [0.2, 0.25) is 0 Å². The van der Waals surface area contributed by atoms with Crippen molar-refractivity contribution in [3.63, 3.8) is 0 Å². The van der Waals surface area contributed by atoms with Crippen LogP contribution >= 0.6 is 11.3 Å². The van der Waals surface area contributed by atoms with Crippen molar-refractivity contribution in [1.29, 1.82) is 0 Å². The van der Waals surface area contributed by atoms with Gasteiger partial charge in [-0.05, 0) is 55.0 Å². The summed E-state index contributed by atoms with van der Waals surface area (Å²) in [5.74, 6) is 0. The Labute approximate surface area is 102 Å². The lowest BCUT2D eigenvalue weighted by Gasteiger charge is -2.11. The van der Waals surface area contributed by atoms with Crippen LogP contribution in [0.3, 0.4) is 0 Å². The third kappa shape index (κ3) is 2.49. The van der Waals surface area contributed by atoms with Crippen LogP contribution in [0.15, 0.2) is 5.38 Å². The summed E-state index contributed by atoms with van der Waals surface area (Å²) in [5.41, 5.74) is 3.31. The molecule has 0 atom stereocenters. The first-order valence-corrected chi connectivity index (χ1v) is 7.63. The maximum atomic E-state index is 3.65. The standard InChI is InChI=1S/C14H21NS/c1-2-4-6-14-13(5-3-1)11(10-16-14)9-15-12-7-8-12/h10,12,15H,1-9H2. The van der Waals surface area contributed by atoms with E-state index in [9.17, 15) is 0 Å². The van der Waals surface area contributed by atoms with Gasteiger partial charge in [0, 0.05) is 17.5 Å². The van der Waals surface area contributed by atoms with Gasteiger partial charge in [0.2, 0.25) is 0 Å². The van der Waals surface area contributed by atoms with E-state index in [2.05, 4.69) is 10.7 Å². The van der Waals surface area contributed by atoms with Gasteiger partial charge in [-0.25, -0.2) is 0 Å². The van der Waals surface area contributed by atoms with Crippen LogP contribution in [0.25, 0.3) is 0 Å². The lowest BCUT2D eigenvalue weighted by atomic mass is 9.97. The number of rotatable bonds is 3. The largest absolute Gasteiger partial charge is 0.310 e. The number of aryl methyl sites for hydroxylation is 1. The Morgan fingerprint density at radius 2 is 1.94 bits per heavy atom. The van der Waals surface area contributed by atoms with Crippen molar-refractivity contribution in [2.24, 2.45) is 0 Å². The van der Waals surface area contributed by atoms with Crippen molar-refractivity contribution in [2.45, 2.75) is 64.0 Å². The van der Waals surface area contributed by atoms with E-state index in [0.29, 0.717) is 0 Å². The van der Waals surface area contributed by atoms with Crippen molar-refractivity contribution in [2.75, 3.05) is 0 Å². The Morgan fingerprint density at radius 1 is 1.12 bits per heavy atom. The topological polar surface area (TPSA) is 12.0 Å². The molecule has 16 heavy (non-hydrogen) atoms. The molecule has 1 heterocycles. The Hall–Kier alpha value is -0.340. The molecule has 0 aliphatic heterocycles. The molecule has 0 saturated heterocycles. The van der Waals surface area contributed by atoms with Gasteiger partial charge in [-0.3, -0.25) is 0 Å². The molecular formula is C14H21NS. The molecule has 1 saturated carbocycles. The maximum Gasteiger partial charge on any atom is 0.0219 e.